The van der Waals surface area contributed by atoms with Crippen LogP contribution < -0.4 is 5.32 Å². The zero-order valence-corrected chi connectivity index (χ0v) is 24.1. The standard InChI is InChI=1S/C39H37N/c1-10-14-17-31(5)30-40-37(19-15-18-32-21-26-35(27-22-32)38(6,7)12-3)34(16-11-2)25-20-33-23-28-36(29-24-33)39(8,9)13-4/h3-4,10-11,14,16-17,19,21-24,26-29,40H,1-2,5,30H2,6-9H3/b17-14-,34-16-,37-19-. The van der Waals surface area contributed by atoms with Crippen LogP contribution >= 0.6 is 0 Å². The first kappa shape index (κ1) is 31.1. The molecule has 2 aromatic carbocycles. The Morgan fingerprint density at radius 1 is 0.825 bits per heavy atom. The second-order valence-corrected chi connectivity index (χ2v) is 10.2. The molecule has 1 heteroatoms. The van der Waals surface area contributed by atoms with Gasteiger partial charge in [0.25, 0.3) is 0 Å². The van der Waals surface area contributed by atoms with E-state index in [1.54, 1.807) is 12.2 Å². The molecule has 0 spiro atoms. The molecular weight excluding hydrogens is 482 g/mol. The Labute approximate surface area is 242 Å². The van der Waals surface area contributed by atoms with Gasteiger partial charge in [0.2, 0.25) is 0 Å². The molecular formula is C39H37N. The molecule has 0 saturated heterocycles. The highest BCUT2D eigenvalue weighted by Crippen LogP contribution is 2.23. The van der Waals surface area contributed by atoms with Crippen LogP contribution in [0.3, 0.4) is 0 Å². The molecule has 1 nitrogen and oxygen atoms in total. The second kappa shape index (κ2) is 14.8. The molecule has 0 fully saturated rings. The van der Waals surface area contributed by atoms with E-state index in [1.165, 1.54) is 0 Å². The van der Waals surface area contributed by atoms with Crippen molar-refractivity contribution in [2.45, 2.75) is 38.5 Å². The lowest BCUT2D eigenvalue weighted by Crippen LogP contribution is -2.17. The Morgan fingerprint density at radius 2 is 1.35 bits per heavy atom. The molecule has 40 heavy (non-hydrogen) atoms. The van der Waals surface area contributed by atoms with Gasteiger partial charge in [-0.3, -0.25) is 0 Å². The van der Waals surface area contributed by atoms with Gasteiger partial charge in [-0.2, -0.15) is 0 Å². The fourth-order valence-electron chi connectivity index (χ4n) is 3.45. The van der Waals surface area contributed by atoms with Crippen molar-refractivity contribution in [1.29, 1.82) is 0 Å². The smallest absolute Gasteiger partial charge is 0.0586 e. The molecule has 0 aliphatic rings. The van der Waals surface area contributed by atoms with E-state index in [1.807, 2.05) is 101 Å². The summed E-state index contributed by atoms with van der Waals surface area (Å²) in [5.41, 5.74) is 5.67. The van der Waals surface area contributed by atoms with Gasteiger partial charge in [0.05, 0.1) is 16.5 Å². The van der Waals surface area contributed by atoms with Crippen LogP contribution in [-0.2, 0) is 10.8 Å². The van der Waals surface area contributed by atoms with E-state index >= 15 is 0 Å². The topological polar surface area (TPSA) is 12.0 Å². The third-order valence-corrected chi connectivity index (χ3v) is 6.26. The van der Waals surface area contributed by atoms with Crippen molar-refractivity contribution in [3.8, 4) is 48.4 Å². The maximum Gasteiger partial charge on any atom is 0.0586 e. The lowest BCUT2D eigenvalue weighted by Gasteiger charge is -2.17. The van der Waals surface area contributed by atoms with Gasteiger partial charge in [-0.05, 0) is 74.7 Å². The van der Waals surface area contributed by atoms with E-state index in [4.69, 9.17) is 12.8 Å². The number of allylic oxidation sites excluding steroid dienone is 6. The zero-order chi connectivity index (χ0) is 29.6. The third-order valence-electron chi connectivity index (χ3n) is 6.26. The molecule has 0 heterocycles. The van der Waals surface area contributed by atoms with E-state index < -0.39 is 0 Å². The molecule has 0 amide bonds. The highest BCUT2D eigenvalue weighted by molar-refractivity contribution is 5.53. The molecule has 2 aromatic rings. The van der Waals surface area contributed by atoms with Crippen LogP contribution in [0.2, 0.25) is 0 Å². The fraction of sp³-hybridized carbons (Fsp3) is 0.179. The van der Waals surface area contributed by atoms with E-state index in [0.717, 1.165) is 39.1 Å². The molecule has 1 N–H and O–H groups in total. The van der Waals surface area contributed by atoms with E-state index in [9.17, 15) is 0 Å². The first-order chi connectivity index (χ1) is 19.1. The van der Waals surface area contributed by atoms with Crippen LogP contribution in [0.15, 0.2) is 122 Å². The van der Waals surface area contributed by atoms with Gasteiger partial charge in [0.1, 0.15) is 0 Å². The molecule has 0 atom stereocenters. The molecule has 0 radical (unpaired) electrons. The summed E-state index contributed by atoms with van der Waals surface area (Å²) in [5, 5.41) is 3.42. The highest BCUT2D eigenvalue weighted by atomic mass is 14.9. The zero-order valence-electron chi connectivity index (χ0n) is 24.1. The fourth-order valence-corrected chi connectivity index (χ4v) is 3.45. The first-order valence-corrected chi connectivity index (χ1v) is 13.0. The molecule has 0 unspecified atom stereocenters. The lowest BCUT2D eigenvalue weighted by atomic mass is 9.85. The molecule has 0 bridgehead atoms. The van der Waals surface area contributed by atoms with Crippen LogP contribution in [-0.4, -0.2) is 6.54 Å². The minimum absolute atomic E-state index is 0.327. The van der Waals surface area contributed by atoms with Crippen LogP contribution in [0, 0.1) is 48.4 Å². The van der Waals surface area contributed by atoms with Crippen molar-refractivity contribution < 1.29 is 0 Å². The van der Waals surface area contributed by atoms with Gasteiger partial charge in [-0.15, -0.1) is 12.8 Å². The third kappa shape index (κ3) is 9.34. The summed E-state index contributed by atoms with van der Waals surface area (Å²) in [6, 6.07) is 16.0. The van der Waals surface area contributed by atoms with Crippen LogP contribution in [0.5, 0.6) is 0 Å². The first-order valence-electron chi connectivity index (χ1n) is 13.0. The summed E-state index contributed by atoms with van der Waals surface area (Å²) in [6.07, 6.45) is 22.2. The summed E-state index contributed by atoms with van der Waals surface area (Å²) in [7, 11) is 0. The van der Waals surface area contributed by atoms with E-state index in [0.29, 0.717) is 6.54 Å². The summed E-state index contributed by atoms with van der Waals surface area (Å²) >= 11 is 0. The Bertz CT molecular complexity index is 1530. The normalized spacial score (nSPS) is 11.7. The van der Waals surface area contributed by atoms with Crippen LogP contribution in [0.4, 0.5) is 0 Å². The largest absolute Gasteiger partial charge is 0.379 e. The molecule has 2 rings (SSSR count). The minimum Gasteiger partial charge on any atom is -0.379 e. The summed E-state index contributed by atoms with van der Waals surface area (Å²) in [5.74, 6) is 18.5. The van der Waals surface area contributed by atoms with E-state index in [2.05, 4.69) is 60.6 Å². The number of benzene rings is 2. The monoisotopic (exact) mass is 519 g/mol. The Hall–Kier alpha value is -5.08. The molecule has 198 valence electrons. The Morgan fingerprint density at radius 3 is 1.82 bits per heavy atom. The van der Waals surface area contributed by atoms with Crippen molar-refractivity contribution in [2.24, 2.45) is 0 Å². The van der Waals surface area contributed by atoms with Gasteiger partial charge in [-0.25, -0.2) is 0 Å². The minimum atomic E-state index is -0.335. The highest BCUT2D eigenvalue weighted by Gasteiger charge is 2.17. The Balaban J connectivity index is 2.42. The van der Waals surface area contributed by atoms with Crippen LogP contribution in [0.1, 0.15) is 49.9 Å². The maximum absolute atomic E-state index is 5.68. The quantitative estimate of drug-likeness (QED) is 0.263. The lowest BCUT2D eigenvalue weighted by molar-refractivity contribution is 0.699. The summed E-state index contributed by atoms with van der Waals surface area (Å²) < 4.78 is 0. The van der Waals surface area contributed by atoms with Crippen molar-refractivity contribution in [3.05, 3.63) is 144 Å². The predicted molar refractivity (Wildman–Crippen MR) is 173 cm³/mol. The van der Waals surface area contributed by atoms with Crippen molar-refractivity contribution in [3.63, 3.8) is 0 Å². The number of nitrogens with one attached hydrogen (secondary N) is 1. The summed E-state index contributed by atoms with van der Waals surface area (Å²) in [6.45, 7) is 20.3. The molecule has 0 saturated carbocycles. The molecule has 0 aliphatic heterocycles. The molecule has 0 aromatic heterocycles. The predicted octanol–water partition coefficient (Wildman–Crippen LogP) is 7.80. The number of rotatable bonds is 9. The maximum atomic E-state index is 5.68. The van der Waals surface area contributed by atoms with Gasteiger partial charge in [0, 0.05) is 29.3 Å². The number of hydrogen-bond donors (Lipinski definition) is 1. The van der Waals surface area contributed by atoms with Gasteiger partial charge in [0.15, 0.2) is 0 Å². The number of terminal acetylenes is 2. The average Bonchev–Trinajstić information content (AvgIpc) is 2.96. The second-order valence-electron chi connectivity index (χ2n) is 10.2. The SMILES string of the molecule is C#CC(C)(C)c1ccc(C#C/C=C(NCC(=C)/C=C\C=C)/C(C#Cc2ccc(C(C)(C)C#C)cc2)=C\C=C)cc1. The van der Waals surface area contributed by atoms with Crippen molar-refractivity contribution >= 4 is 0 Å². The summed E-state index contributed by atoms with van der Waals surface area (Å²) in [4.78, 5) is 0. The van der Waals surface area contributed by atoms with Crippen molar-refractivity contribution in [2.75, 3.05) is 6.54 Å². The van der Waals surface area contributed by atoms with Crippen LogP contribution in [0.25, 0.3) is 0 Å². The van der Waals surface area contributed by atoms with E-state index in [-0.39, 0.29) is 10.8 Å². The molecule has 0 aliphatic carbocycles. The van der Waals surface area contributed by atoms with Gasteiger partial charge < -0.3 is 5.32 Å². The van der Waals surface area contributed by atoms with Gasteiger partial charge >= 0.3 is 0 Å². The average molecular weight is 520 g/mol. The van der Waals surface area contributed by atoms with Gasteiger partial charge in [-0.1, -0.05) is 104 Å². The Kier molecular flexibility index (Phi) is 11.5. The number of hydrogen-bond acceptors (Lipinski definition) is 1. The van der Waals surface area contributed by atoms with Crippen molar-refractivity contribution in [1.82, 2.24) is 5.32 Å².